The molecule has 1 atom stereocenters. The van der Waals surface area contributed by atoms with Crippen molar-refractivity contribution in [3.05, 3.63) is 0 Å². The predicted molar refractivity (Wildman–Crippen MR) is 50.3 cm³/mol. The summed E-state index contributed by atoms with van der Waals surface area (Å²) in [4.78, 5) is 21.6. The van der Waals surface area contributed by atoms with Gasteiger partial charge in [-0.1, -0.05) is 13.3 Å². The summed E-state index contributed by atoms with van der Waals surface area (Å²) in [5, 5.41) is 0. The molecule has 0 aliphatic carbocycles. The van der Waals surface area contributed by atoms with E-state index < -0.39 is 0 Å². The van der Waals surface area contributed by atoms with E-state index in [0.29, 0.717) is 0 Å². The number of carbonyl (C=O) groups excluding carboxylic acids is 2. The van der Waals surface area contributed by atoms with Crippen molar-refractivity contribution < 1.29 is 14.3 Å². The fourth-order valence-electron chi connectivity index (χ4n) is 1.11. The van der Waals surface area contributed by atoms with Crippen LogP contribution in [-0.4, -0.2) is 18.4 Å². The molecule has 0 aliphatic heterocycles. The van der Waals surface area contributed by atoms with Gasteiger partial charge in [-0.25, -0.2) is 0 Å². The van der Waals surface area contributed by atoms with Crippen molar-refractivity contribution in [2.75, 3.05) is 0 Å². The van der Waals surface area contributed by atoms with Gasteiger partial charge in [-0.15, -0.1) is 0 Å². The highest BCUT2D eigenvalue weighted by molar-refractivity contribution is 5.73. The molecule has 3 nitrogen and oxygen atoms in total. The van der Waals surface area contributed by atoms with Crippen LogP contribution >= 0.6 is 0 Å². The Labute approximate surface area is 79.5 Å². The first-order chi connectivity index (χ1) is 6.10. The van der Waals surface area contributed by atoms with Gasteiger partial charge in [0.05, 0.1) is 12.5 Å². The molecule has 0 saturated carbocycles. The first kappa shape index (κ1) is 12.1. The summed E-state index contributed by atoms with van der Waals surface area (Å²) in [5.41, 5.74) is 0. The zero-order valence-corrected chi connectivity index (χ0v) is 8.58. The van der Waals surface area contributed by atoms with E-state index in [1.165, 1.54) is 0 Å². The lowest BCUT2D eigenvalue weighted by Gasteiger charge is -2.10. The van der Waals surface area contributed by atoms with Crippen LogP contribution in [0.4, 0.5) is 0 Å². The highest BCUT2D eigenvalue weighted by atomic mass is 16.5. The van der Waals surface area contributed by atoms with Crippen molar-refractivity contribution in [1.82, 2.24) is 0 Å². The van der Waals surface area contributed by atoms with Crippen molar-refractivity contribution in [3.8, 4) is 0 Å². The number of ether oxygens (including phenoxy) is 1. The quantitative estimate of drug-likeness (QED) is 0.470. The molecule has 0 aromatic heterocycles. The van der Waals surface area contributed by atoms with Gasteiger partial charge in [0.25, 0.3) is 0 Å². The van der Waals surface area contributed by atoms with Crippen LogP contribution in [0.15, 0.2) is 0 Å². The third-order valence-electron chi connectivity index (χ3n) is 1.65. The number of rotatable bonds is 6. The normalized spacial score (nSPS) is 12.6. The van der Waals surface area contributed by atoms with Crippen LogP contribution in [0.25, 0.3) is 0 Å². The minimum atomic E-state index is -0.277. The molecule has 0 radical (unpaired) electrons. The summed E-state index contributed by atoms with van der Waals surface area (Å²) in [6, 6.07) is 0. The first-order valence-corrected chi connectivity index (χ1v) is 4.74. The first-order valence-electron chi connectivity index (χ1n) is 4.74. The fraction of sp³-hybridized carbons (Fsp3) is 0.800. The molecule has 1 unspecified atom stereocenters. The number of aldehydes is 1. The van der Waals surface area contributed by atoms with E-state index in [4.69, 9.17) is 4.74 Å². The van der Waals surface area contributed by atoms with E-state index in [1.807, 2.05) is 6.92 Å². The van der Waals surface area contributed by atoms with E-state index in [0.717, 1.165) is 19.1 Å². The molecule has 0 spiro atoms. The number of hydrogen-bond acceptors (Lipinski definition) is 3. The van der Waals surface area contributed by atoms with E-state index in [1.54, 1.807) is 13.8 Å². The van der Waals surface area contributed by atoms with Gasteiger partial charge in [0, 0.05) is 5.92 Å². The smallest absolute Gasteiger partial charge is 0.306 e. The maximum absolute atomic E-state index is 11.1. The van der Waals surface area contributed by atoms with Gasteiger partial charge in [-0.3, -0.25) is 4.79 Å². The number of carbonyl (C=O) groups is 2. The largest absolute Gasteiger partial charge is 0.463 e. The number of esters is 1. The molecule has 3 heteroatoms. The molecular formula is C10H18O3. The van der Waals surface area contributed by atoms with Crippen LogP contribution in [0, 0.1) is 5.92 Å². The van der Waals surface area contributed by atoms with Crippen LogP contribution in [-0.2, 0) is 14.3 Å². The SMILES string of the molecule is CCCC(C=O)CC(=O)OC(C)C. The third-order valence-corrected chi connectivity index (χ3v) is 1.65. The van der Waals surface area contributed by atoms with Gasteiger partial charge in [-0.2, -0.15) is 0 Å². The topological polar surface area (TPSA) is 43.4 Å². The minimum Gasteiger partial charge on any atom is -0.463 e. The second-order valence-electron chi connectivity index (χ2n) is 3.43. The highest BCUT2D eigenvalue weighted by Gasteiger charge is 2.13. The number of hydrogen-bond donors (Lipinski definition) is 0. The summed E-state index contributed by atoms with van der Waals surface area (Å²) < 4.78 is 4.93. The van der Waals surface area contributed by atoms with Gasteiger partial charge >= 0.3 is 5.97 Å². The molecule has 0 aromatic rings. The summed E-state index contributed by atoms with van der Waals surface area (Å²) in [7, 11) is 0. The van der Waals surface area contributed by atoms with Crippen LogP contribution < -0.4 is 0 Å². The zero-order chi connectivity index (χ0) is 10.3. The Kier molecular flexibility index (Phi) is 6.20. The molecule has 0 amide bonds. The lowest BCUT2D eigenvalue weighted by molar-refractivity contribution is -0.149. The highest BCUT2D eigenvalue weighted by Crippen LogP contribution is 2.09. The lowest BCUT2D eigenvalue weighted by Crippen LogP contribution is -2.16. The van der Waals surface area contributed by atoms with Gasteiger partial charge in [0.2, 0.25) is 0 Å². The second kappa shape index (κ2) is 6.63. The Morgan fingerprint density at radius 2 is 2.08 bits per heavy atom. The van der Waals surface area contributed by atoms with Gasteiger partial charge in [0.15, 0.2) is 0 Å². The predicted octanol–water partition coefficient (Wildman–Crippen LogP) is 1.94. The molecule has 0 saturated heterocycles. The molecule has 0 aliphatic rings. The average molecular weight is 186 g/mol. The monoisotopic (exact) mass is 186 g/mol. The average Bonchev–Trinajstić information content (AvgIpc) is 2.02. The lowest BCUT2D eigenvalue weighted by atomic mass is 10.0. The molecule has 0 fully saturated rings. The Morgan fingerprint density at radius 1 is 1.46 bits per heavy atom. The van der Waals surface area contributed by atoms with Crippen LogP contribution in [0.3, 0.4) is 0 Å². The third kappa shape index (κ3) is 6.31. The molecule has 0 N–H and O–H groups in total. The fourth-order valence-corrected chi connectivity index (χ4v) is 1.11. The summed E-state index contributed by atoms with van der Waals surface area (Å²) >= 11 is 0. The minimum absolute atomic E-state index is 0.0959. The maximum atomic E-state index is 11.1. The van der Waals surface area contributed by atoms with E-state index >= 15 is 0 Å². The Hall–Kier alpha value is -0.860. The van der Waals surface area contributed by atoms with Crippen molar-refractivity contribution in [3.63, 3.8) is 0 Å². The Bertz CT molecular complexity index is 164. The molecule has 0 rings (SSSR count). The molecule has 76 valence electrons. The van der Waals surface area contributed by atoms with Crippen molar-refractivity contribution >= 4 is 12.3 Å². The van der Waals surface area contributed by atoms with Crippen LogP contribution in [0.1, 0.15) is 40.0 Å². The molecule has 0 bridgehead atoms. The Morgan fingerprint density at radius 3 is 2.46 bits per heavy atom. The summed E-state index contributed by atoms with van der Waals surface area (Å²) in [6.45, 7) is 5.59. The summed E-state index contributed by atoms with van der Waals surface area (Å²) in [5.74, 6) is -0.447. The van der Waals surface area contributed by atoms with Crippen molar-refractivity contribution in [2.24, 2.45) is 5.92 Å². The van der Waals surface area contributed by atoms with Gasteiger partial charge in [-0.05, 0) is 20.3 Å². The summed E-state index contributed by atoms with van der Waals surface area (Å²) in [6.07, 6.45) is 2.64. The van der Waals surface area contributed by atoms with E-state index in [9.17, 15) is 9.59 Å². The van der Waals surface area contributed by atoms with Crippen LogP contribution in [0.2, 0.25) is 0 Å². The zero-order valence-electron chi connectivity index (χ0n) is 8.58. The molecule has 0 aromatic carbocycles. The second-order valence-corrected chi connectivity index (χ2v) is 3.43. The molecule has 0 heterocycles. The molecule has 13 heavy (non-hydrogen) atoms. The van der Waals surface area contributed by atoms with Crippen molar-refractivity contribution in [1.29, 1.82) is 0 Å². The maximum Gasteiger partial charge on any atom is 0.306 e. The standard InChI is InChI=1S/C10H18O3/c1-4-5-9(7-11)6-10(12)13-8(2)3/h7-9H,4-6H2,1-3H3. The van der Waals surface area contributed by atoms with Gasteiger partial charge in [0.1, 0.15) is 6.29 Å². The molecular weight excluding hydrogens is 168 g/mol. The van der Waals surface area contributed by atoms with Crippen molar-refractivity contribution in [2.45, 2.75) is 46.1 Å². The van der Waals surface area contributed by atoms with E-state index in [2.05, 4.69) is 0 Å². The van der Waals surface area contributed by atoms with Crippen LogP contribution in [0.5, 0.6) is 0 Å². The van der Waals surface area contributed by atoms with E-state index in [-0.39, 0.29) is 24.4 Å². The van der Waals surface area contributed by atoms with Gasteiger partial charge < -0.3 is 9.53 Å². The Balaban J connectivity index is 3.79.